The molecule has 110 valence electrons. The number of benzene rings is 1. The highest BCUT2D eigenvalue weighted by Gasteiger charge is 2.38. The molecule has 2 aliphatic carbocycles. The second-order valence-corrected chi connectivity index (χ2v) is 7.45. The van der Waals surface area contributed by atoms with E-state index < -0.39 is 0 Å². The van der Waals surface area contributed by atoms with E-state index in [4.69, 9.17) is 11.6 Å². The SMILES string of the molecule is O=C(c1sc2cc(F)ccc2c1Cl)N(CC1CC1)C1CC1. The fraction of sp³-hybridized carbons (Fsp3) is 0.438. The number of thiophene rings is 1. The Morgan fingerprint density at radius 2 is 2.10 bits per heavy atom. The number of carbonyl (C=O) groups is 1. The molecule has 1 heterocycles. The summed E-state index contributed by atoms with van der Waals surface area (Å²) in [4.78, 5) is 15.4. The molecule has 1 amide bonds. The predicted octanol–water partition coefficient (Wildman–Crippen LogP) is 4.71. The van der Waals surface area contributed by atoms with Crippen LogP contribution in [0.5, 0.6) is 0 Å². The fourth-order valence-electron chi connectivity index (χ4n) is 2.67. The maximum atomic E-state index is 13.3. The quantitative estimate of drug-likeness (QED) is 0.798. The minimum atomic E-state index is -0.295. The van der Waals surface area contributed by atoms with Gasteiger partial charge in [0, 0.05) is 22.7 Å². The van der Waals surface area contributed by atoms with Crippen LogP contribution in [0.15, 0.2) is 18.2 Å². The van der Waals surface area contributed by atoms with Crippen LogP contribution in [0.1, 0.15) is 35.4 Å². The third kappa shape index (κ3) is 2.55. The van der Waals surface area contributed by atoms with Crippen LogP contribution in [0.4, 0.5) is 4.39 Å². The Bertz CT molecular complexity index is 720. The molecule has 2 aliphatic rings. The maximum absolute atomic E-state index is 13.3. The van der Waals surface area contributed by atoms with Gasteiger partial charge in [0.25, 0.3) is 5.91 Å². The average Bonchev–Trinajstić information content (AvgIpc) is 3.34. The van der Waals surface area contributed by atoms with Crippen molar-refractivity contribution in [3.05, 3.63) is 33.9 Å². The molecule has 2 nitrogen and oxygen atoms in total. The highest BCUT2D eigenvalue weighted by Crippen LogP contribution is 2.40. The topological polar surface area (TPSA) is 20.3 Å². The molecule has 0 atom stereocenters. The number of hydrogen-bond acceptors (Lipinski definition) is 2. The molecule has 21 heavy (non-hydrogen) atoms. The van der Waals surface area contributed by atoms with E-state index in [9.17, 15) is 9.18 Å². The number of nitrogens with zero attached hydrogens (tertiary/aromatic N) is 1. The zero-order chi connectivity index (χ0) is 14.6. The zero-order valence-corrected chi connectivity index (χ0v) is 13.0. The molecular weight excluding hydrogens is 309 g/mol. The first-order chi connectivity index (χ1) is 10.1. The lowest BCUT2D eigenvalue weighted by Gasteiger charge is -2.21. The Balaban J connectivity index is 1.70. The maximum Gasteiger partial charge on any atom is 0.265 e. The molecule has 2 aromatic rings. The molecule has 2 fully saturated rings. The van der Waals surface area contributed by atoms with Gasteiger partial charge < -0.3 is 4.90 Å². The van der Waals surface area contributed by atoms with Crippen LogP contribution in [-0.4, -0.2) is 23.4 Å². The smallest absolute Gasteiger partial charge is 0.265 e. The first-order valence-electron chi connectivity index (χ1n) is 7.32. The molecule has 2 saturated carbocycles. The second-order valence-electron chi connectivity index (χ2n) is 6.02. The number of halogens is 2. The van der Waals surface area contributed by atoms with Crippen LogP contribution in [0.3, 0.4) is 0 Å². The summed E-state index contributed by atoms with van der Waals surface area (Å²) >= 11 is 7.67. The molecule has 0 bridgehead atoms. The van der Waals surface area contributed by atoms with Gasteiger partial charge in [0.15, 0.2) is 0 Å². The summed E-state index contributed by atoms with van der Waals surface area (Å²) in [6.07, 6.45) is 4.63. The number of amides is 1. The van der Waals surface area contributed by atoms with Crippen LogP contribution in [-0.2, 0) is 0 Å². The average molecular weight is 324 g/mol. The Hall–Kier alpha value is -1.13. The Morgan fingerprint density at radius 1 is 1.33 bits per heavy atom. The second kappa shape index (κ2) is 4.96. The normalized spacial score (nSPS) is 18.2. The van der Waals surface area contributed by atoms with Gasteiger partial charge in [-0.05, 0) is 49.8 Å². The number of fused-ring (bicyclic) bond motifs is 1. The lowest BCUT2D eigenvalue weighted by molar-refractivity contribution is 0.0740. The summed E-state index contributed by atoms with van der Waals surface area (Å²) in [5.74, 6) is 0.396. The Labute approximate surface area is 131 Å². The predicted molar refractivity (Wildman–Crippen MR) is 83.6 cm³/mol. The Kier molecular flexibility index (Phi) is 3.19. The van der Waals surface area contributed by atoms with Crippen LogP contribution < -0.4 is 0 Å². The molecule has 0 spiro atoms. The van der Waals surface area contributed by atoms with E-state index in [0.717, 1.165) is 29.5 Å². The van der Waals surface area contributed by atoms with E-state index in [1.54, 1.807) is 6.07 Å². The first kappa shape index (κ1) is 13.5. The summed E-state index contributed by atoms with van der Waals surface area (Å²) in [5, 5.41) is 1.25. The lowest BCUT2D eigenvalue weighted by Crippen LogP contribution is -2.34. The van der Waals surface area contributed by atoms with Gasteiger partial charge in [0.2, 0.25) is 0 Å². The van der Waals surface area contributed by atoms with Crippen molar-refractivity contribution in [1.82, 2.24) is 4.90 Å². The van der Waals surface area contributed by atoms with Crippen molar-refractivity contribution in [2.45, 2.75) is 31.7 Å². The van der Waals surface area contributed by atoms with Crippen LogP contribution >= 0.6 is 22.9 Å². The zero-order valence-electron chi connectivity index (χ0n) is 11.4. The van der Waals surface area contributed by atoms with Crippen molar-refractivity contribution in [1.29, 1.82) is 0 Å². The number of hydrogen-bond donors (Lipinski definition) is 0. The van der Waals surface area contributed by atoms with Gasteiger partial charge in [-0.25, -0.2) is 4.39 Å². The van der Waals surface area contributed by atoms with Gasteiger partial charge >= 0.3 is 0 Å². The molecule has 0 unspecified atom stereocenters. The van der Waals surface area contributed by atoms with Crippen LogP contribution in [0.2, 0.25) is 5.02 Å². The first-order valence-corrected chi connectivity index (χ1v) is 8.51. The van der Waals surface area contributed by atoms with Gasteiger partial charge in [-0.2, -0.15) is 0 Å². The molecule has 1 aromatic carbocycles. The summed E-state index contributed by atoms with van der Waals surface area (Å²) in [6, 6.07) is 4.88. The fourth-order valence-corrected chi connectivity index (χ4v) is 4.16. The molecular formula is C16H15ClFNOS. The molecule has 0 N–H and O–H groups in total. The van der Waals surface area contributed by atoms with E-state index in [1.165, 1.54) is 36.3 Å². The molecule has 5 heteroatoms. The van der Waals surface area contributed by atoms with Crippen molar-refractivity contribution in [3.8, 4) is 0 Å². The summed E-state index contributed by atoms with van der Waals surface area (Å²) in [6.45, 7) is 0.850. The van der Waals surface area contributed by atoms with Gasteiger partial charge in [-0.15, -0.1) is 11.3 Å². The van der Waals surface area contributed by atoms with Gasteiger partial charge in [0.1, 0.15) is 10.7 Å². The van der Waals surface area contributed by atoms with Crippen LogP contribution in [0.25, 0.3) is 10.1 Å². The molecule has 0 saturated heterocycles. The largest absolute Gasteiger partial charge is 0.335 e. The number of carbonyl (C=O) groups excluding carboxylic acids is 1. The number of rotatable bonds is 4. The van der Waals surface area contributed by atoms with E-state index in [1.807, 2.05) is 4.90 Å². The highest BCUT2D eigenvalue weighted by molar-refractivity contribution is 7.21. The molecule has 1 aromatic heterocycles. The third-order valence-corrected chi connectivity index (χ3v) is 5.83. The minimum Gasteiger partial charge on any atom is -0.335 e. The molecule has 4 rings (SSSR count). The van der Waals surface area contributed by atoms with E-state index in [2.05, 4.69) is 0 Å². The highest BCUT2D eigenvalue weighted by atomic mass is 35.5. The third-order valence-electron chi connectivity index (χ3n) is 4.19. The Morgan fingerprint density at radius 3 is 2.76 bits per heavy atom. The molecule has 0 aliphatic heterocycles. The van der Waals surface area contributed by atoms with Gasteiger partial charge in [0.05, 0.1) is 5.02 Å². The summed E-state index contributed by atoms with van der Waals surface area (Å²) in [7, 11) is 0. The lowest BCUT2D eigenvalue weighted by atomic mass is 10.2. The van der Waals surface area contributed by atoms with Crippen molar-refractivity contribution < 1.29 is 9.18 Å². The van der Waals surface area contributed by atoms with Crippen molar-refractivity contribution in [2.75, 3.05) is 6.54 Å². The molecule has 0 radical (unpaired) electrons. The van der Waals surface area contributed by atoms with Crippen molar-refractivity contribution in [2.24, 2.45) is 5.92 Å². The van der Waals surface area contributed by atoms with E-state index in [0.29, 0.717) is 21.9 Å². The van der Waals surface area contributed by atoms with Crippen molar-refractivity contribution >= 4 is 38.9 Å². The van der Waals surface area contributed by atoms with Gasteiger partial charge in [-0.1, -0.05) is 11.6 Å². The minimum absolute atomic E-state index is 0.0241. The standard InChI is InChI=1S/C16H15ClFNOS/c17-14-12-6-3-10(18)7-13(12)21-15(14)16(20)19(11-4-5-11)8-9-1-2-9/h3,6-7,9,11H,1-2,4-5,8H2. The monoisotopic (exact) mass is 323 g/mol. The van der Waals surface area contributed by atoms with E-state index >= 15 is 0 Å². The summed E-state index contributed by atoms with van der Waals surface area (Å²) < 4.78 is 14.1. The van der Waals surface area contributed by atoms with E-state index in [-0.39, 0.29) is 11.7 Å². The van der Waals surface area contributed by atoms with Crippen molar-refractivity contribution in [3.63, 3.8) is 0 Å². The van der Waals surface area contributed by atoms with Gasteiger partial charge in [-0.3, -0.25) is 4.79 Å². The summed E-state index contributed by atoms with van der Waals surface area (Å²) in [5.41, 5.74) is 0. The van der Waals surface area contributed by atoms with Crippen LogP contribution in [0, 0.1) is 11.7 Å².